The highest BCUT2D eigenvalue weighted by Crippen LogP contribution is 2.30. The average Bonchev–Trinajstić information content (AvgIpc) is 3.54. The average molecular weight is 731 g/mol. The minimum atomic E-state index is -0.689. The van der Waals surface area contributed by atoms with Crippen LogP contribution in [-0.4, -0.2) is 54.1 Å². The summed E-state index contributed by atoms with van der Waals surface area (Å²) < 4.78 is 16.7. The molecule has 284 valence electrons. The van der Waals surface area contributed by atoms with Gasteiger partial charge < -0.3 is 19.1 Å². The van der Waals surface area contributed by atoms with Gasteiger partial charge in [0.05, 0.1) is 19.4 Å². The second kappa shape index (κ2) is 19.2. The summed E-state index contributed by atoms with van der Waals surface area (Å²) in [6.07, 6.45) is 8.14. The van der Waals surface area contributed by atoms with E-state index in [-0.39, 0.29) is 31.2 Å². The number of nitrogens with zero attached hydrogens (tertiary/aromatic N) is 2. The van der Waals surface area contributed by atoms with E-state index in [9.17, 15) is 14.4 Å². The van der Waals surface area contributed by atoms with Gasteiger partial charge in [0.2, 0.25) is 0 Å². The van der Waals surface area contributed by atoms with Crippen LogP contribution in [0.2, 0.25) is 0 Å². The lowest BCUT2D eigenvalue weighted by atomic mass is 10.0. The number of rotatable bonds is 19. The Kier molecular flexibility index (Phi) is 14.2. The van der Waals surface area contributed by atoms with Gasteiger partial charge in [0.25, 0.3) is 5.91 Å². The fraction of sp³-hybridized carbons (Fsp3) is 0.391. The number of fused-ring (bicyclic) bond motifs is 1. The number of hydrogen-bond acceptors (Lipinski definition) is 7. The Bertz CT molecular complexity index is 1890. The molecule has 1 heterocycles. The Morgan fingerprint density at radius 1 is 0.741 bits per heavy atom. The zero-order valence-electron chi connectivity index (χ0n) is 32.5. The number of unbranched alkanes of at least 4 members (excludes halogenated alkanes) is 4. The van der Waals surface area contributed by atoms with E-state index in [0.717, 1.165) is 71.0 Å². The number of carbonyl (C=O) groups is 3. The van der Waals surface area contributed by atoms with Gasteiger partial charge in [0.15, 0.2) is 0 Å². The Balaban J connectivity index is 1.21. The van der Waals surface area contributed by atoms with Gasteiger partial charge in [-0.2, -0.15) is 0 Å². The van der Waals surface area contributed by atoms with Gasteiger partial charge in [-0.15, -0.1) is 0 Å². The van der Waals surface area contributed by atoms with Gasteiger partial charge >= 0.3 is 5.97 Å². The minimum absolute atomic E-state index is 0.0690. The number of amides is 1. The van der Waals surface area contributed by atoms with Gasteiger partial charge in [-0.1, -0.05) is 81.1 Å². The summed E-state index contributed by atoms with van der Waals surface area (Å²) >= 11 is 0. The number of carbonyl (C=O) groups excluding carboxylic acids is 3. The van der Waals surface area contributed by atoms with Crippen molar-refractivity contribution >= 4 is 29.1 Å². The van der Waals surface area contributed by atoms with E-state index in [2.05, 4.69) is 25.1 Å². The number of ether oxygens (including phenoxy) is 3. The molecule has 1 amide bonds. The van der Waals surface area contributed by atoms with Gasteiger partial charge in [-0.05, 0) is 97.5 Å². The van der Waals surface area contributed by atoms with Crippen molar-refractivity contribution < 1.29 is 28.6 Å². The van der Waals surface area contributed by atoms with E-state index in [1.165, 1.54) is 36.1 Å². The summed E-state index contributed by atoms with van der Waals surface area (Å²) in [5, 5.41) is 0. The largest absolute Gasteiger partial charge is 0.497 e. The molecular weight excluding hydrogens is 677 g/mol. The van der Waals surface area contributed by atoms with Crippen molar-refractivity contribution in [2.75, 3.05) is 20.3 Å². The lowest BCUT2D eigenvalue weighted by Crippen LogP contribution is -2.38. The number of methoxy groups -OCH3 is 1. The highest BCUT2D eigenvalue weighted by molar-refractivity contribution is 5.97. The zero-order chi connectivity index (χ0) is 38.5. The third-order valence-corrected chi connectivity index (χ3v) is 9.23. The lowest BCUT2D eigenvalue weighted by Gasteiger charge is -2.25. The standard InChI is InChI=1S/C46H54N2O6/c1-6-7-8-9-10-25-53-42-23-16-33(17-24-42)26-39-30-38-20-13-36(29-43(38)47-39)31-48(32-44(50)54-46(2,3)4)45(51)37-18-11-34(12-19-37)27-40(49)28-35-14-21-41(52-5)22-15-35/h11-24,29H,6-10,25-28,30-32H2,1-5H3. The van der Waals surface area contributed by atoms with E-state index in [1.807, 2.05) is 48.5 Å². The molecule has 0 atom stereocenters. The predicted octanol–water partition coefficient (Wildman–Crippen LogP) is 9.25. The van der Waals surface area contributed by atoms with Crippen LogP contribution in [-0.2, 0) is 46.6 Å². The Hall–Kier alpha value is -5.24. The highest BCUT2D eigenvalue weighted by atomic mass is 16.6. The van der Waals surface area contributed by atoms with Gasteiger partial charge in [-0.25, -0.2) is 0 Å². The molecule has 0 unspecified atom stereocenters. The summed E-state index contributed by atoms with van der Waals surface area (Å²) in [5.74, 6) is 0.924. The summed E-state index contributed by atoms with van der Waals surface area (Å²) in [6, 6.07) is 28.8. The Morgan fingerprint density at radius 2 is 1.35 bits per heavy atom. The zero-order valence-corrected chi connectivity index (χ0v) is 32.5. The topological polar surface area (TPSA) is 94.5 Å². The molecule has 0 fully saturated rings. The molecule has 8 nitrogen and oxygen atoms in total. The van der Waals surface area contributed by atoms with E-state index in [1.54, 1.807) is 52.1 Å². The predicted molar refractivity (Wildman–Crippen MR) is 214 cm³/mol. The number of benzene rings is 4. The maximum atomic E-state index is 13.9. The van der Waals surface area contributed by atoms with Crippen molar-refractivity contribution in [1.82, 2.24) is 4.90 Å². The molecule has 0 saturated heterocycles. The maximum Gasteiger partial charge on any atom is 0.326 e. The van der Waals surface area contributed by atoms with Crippen molar-refractivity contribution in [3.63, 3.8) is 0 Å². The molecule has 54 heavy (non-hydrogen) atoms. The lowest BCUT2D eigenvalue weighted by molar-refractivity contribution is -0.155. The fourth-order valence-corrected chi connectivity index (χ4v) is 6.49. The molecule has 0 bridgehead atoms. The molecule has 0 spiro atoms. The van der Waals surface area contributed by atoms with Crippen LogP contribution in [0.5, 0.6) is 11.5 Å². The molecule has 0 radical (unpaired) electrons. The van der Waals surface area contributed by atoms with Crippen molar-refractivity contribution in [3.05, 3.63) is 124 Å². The maximum absolute atomic E-state index is 13.9. The van der Waals surface area contributed by atoms with E-state index in [0.29, 0.717) is 12.0 Å². The highest BCUT2D eigenvalue weighted by Gasteiger charge is 2.25. The molecule has 0 aliphatic carbocycles. The molecule has 0 aromatic heterocycles. The van der Waals surface area contributed by atoms with Gasteiger partial charge in [0.1, 0.15) is 29.4 Å². The van der Waals surface area contributed by atoms with Crippen molar-refractivity contribution in [2.45, 2.75) is 97.6 Å². The monoisotopic (exact) mass is 730 g/mol. The normalized spacial score (nSPS) is 12.1. The summed E-state index contributed by atoms with van der Waals surface area (Å²) in [4.78, 5) is 46.2. The molecule has 5 rings (SSSR count). The number of aliphatic imine (C=N–C) groups is 1. The van der Waals surface area contributed by atoms with Crippen molar-refractivity contribution in [2.24, 2.45) is 4.99 Å². The smallest absolute Gasteiger partial charge is 0.326 e. The third-order valence-electron chi connectivity index (χ3n) is 9.23. The van der Waals surface area contributed by atoms with Crippen LogP contribution in [0.3, 0.4) is 0 Å². The second-order valence-corrected chi connectivity index (χ2v) is 15.1. The van der Waals surface area contributed by atoms with Crippen LogP contribution in [0.25, 0.3) is 0 Å². The van der Waals surface area contributed by atoms with Crippen molar-refractivity contribution in [1.29, 1.82) is 0 Å². The summed E-state index contributed by atoms with van der Waals surface area (Å²) in [6.45, 7) is 8.39. The Morgan fingerprint density at radius 3 is 2.00 bits per heavy atom. The van der Waals surface area contributed by atoms with Crippen LogP contribution in [0.4, 0.5) is 5.69 Å². The molecular formula is C46H54N2O6. The fourth-order valence-electron chi connectivity index (χ4n) is 6.49. The van der Waals surface area contributed by atoms with Crippen molar-refractivity contribution in [3.8, 4) is 11.5 Å². The second-order valence-electron chi connectivity index (χ2n) is 15.1. The molecule has 1 aliphatic heterocycles. The first kappa shape index (κ1) is 40.0. The van der Waals surface area contributed by atoms with E-state index in [4.69, 9.17) is 19.2 Å². The molecule has 0 saturated carbocycles. The first-order valence-electron chi connectivity index (χ1n) is 19.1. The van der Waals surface area contributed by atoms with Crippen LogP contribution < -0.4 is 9.47 Å². The summed E-state index contributed by atoms with van der Waals surface area (Å²) in [5.41, 5.74) is 6.62. The Labute approximate surface area is 320 Å². The van der Waals surface area contributed by atoms with Crippen LogP contribution in [0.1, 0.15) is 98.0 Å². The molecule has 0 N–H and O–H groups in total. The molecule has 4 aromatic carbocycles. The molecule has 1 aliphatic rings. The van der Waals surface area contributed by atoms with E-state index < -0.39 is 11.6 Å². The van der Waals surface area contributed by atoms with Gasteiger partial charge in [-0.3, -0.25) is 19.4 Å². The first-order valence-corrected chi connectivity index (χ1v) is 19.1. The SMILES string of the molecule is CCCCCCCOc1ccc(CC2=Nc3cc(CN(CC(=O)OC(C)(C)C)C(=O)c4ccc(CC(=O)Cc5ccc(OC)cc5)cc4)ccc3C2)cc1. The minimum Gasteiger partial charge on any atom is -0.497 e. The number of ketones is 1. The van der Waals surface area contributed by atoms with E-state index >= 15 is 0 Å². The quantitative estimate of drug-likeness (QED) is 0.0706. The third kappa shape index (κ3) is 12.4. The molecule has 4 aromatic rings. The van der Waals surface area contributed by atoms with Gasteiger partial charge in [0, 0.05) is 43.5 Å². The summed E-state index contributed by atoms with van der Waals surface area (Å²) in [7, 11) is 1.61. The van der Waals surface area contributed by atoms with Crippen LogP contribution in [0.15, 0.2) is 96.0 Å². The number of hydrogen-bond donors (Lipinski definition) is 0. The number of Topliss-reactive ketones (excluding diaryl/α,β-unsaturated/α-hetero) is 1. The van der Waals surface area contributed by atoms with Crippen LogP contribution >= 0.6 is 0 Å². The molecule has 8 heteroatoms. The first-order chi connectivity index (χ1) is 26.0. The van der Waals surface area contributed by atoms with Crippen LogP contribution in [0, 0.1) is 0 Å². The number of esters is 1.